The van der Waals surface area contributed by atoms with Crippen molar-refractivity contribution in [1.29, 1.82) is 0 Å². The van der Waals surface area contributed by atoms with Gasteiger partial charge in [0.2, 0.25) is 5.95 Å². The molecule has 0 aliphatic heterocycles. The minimum Gasteiger partial charge on any atom is -0.497 e. The van der Waals surface area contributed by atoms with Crippen LogP contribution in [0.5, 0.6) is 5.75 Å². The van der Waals surface area contributed by atoms with Crippen LogP contribution in [0.15, 0.2) is 42.6 Å². The maximum Gasteiger partial charge on any atom is 0.326 e. The monoisotopic (exact) mass is 350 g/mol. The first kappa shape index (κ1) is 17.3. The number of nitrogens with one attached hydrogen (secondary N) is 2. The quantitative estimate of drug-likeness (QED) is 0.749. The molecule has 0 saturated carbocycles. The van der Waals surface area contributed by atoms with Crippen molar-refractivity contribution >= 4 is 17.7 Å². The van der Waals surface area contributed by atoms with Crippen LogP contribution in [-0.4, -0.2) is 33.1 Å². The average molecular weight is 350 g/mol. The lowest BCUT2D eigenvalue weighted by Crippen LogP contribution is -2.22. The lowest BCUT2D eigenvalue weighted by Gasteiger charge is -2.11. The fourth-order valence-electron chi connectivity index (χ4n) is 2.31. The number of hydrogen-bond acceptors (Lipinski definition) is 6. The zero-order valence-corrected chi connectivity index (χ0v) is 14.6. The number of benzene rings is 1. The highest BCUT2D eigenvalue weighted by Crippen LogP contribution is 2.21. The molecule has 3 rings (SSSR count). The number of hydrogen-bond donors (Lipinski definition) is 2. The number of nitrogens with zero attached hydrogens (tertiary/aromatic N) is 4. The van der Waals surface area contributed by atoms with E-state index in [1.807, 2.05) is 19.1 Å². The number of amides is 2. The Morgan fingerprint density at radius 2 is 1.88 bits per heavy atom. The number of methoxy groups -OCH3 is 1. The highest BCUT2D eigenvalue weighted by Gasteiger charge is 2.11. The summed E-state index contributed by atoms with van der Waals surface area (Å²) >= 11 is 0. The largest absolute Gasteiger partial charge is 0.497 e. The van der Waals surface area contributed by atoms with Gasteiger partial charge in [-0.1, -0.05) is 6.07 Å². The van der Waals surface area contributed by atoms with Crippen LogP contribution in [0.25, 0.3) is 11.5 Å². The Morgan fingerprint density at radius 1 is 1.04 bits per heavy atom. The molecule has 0 fully saturated rings. The maximum atomic E-state index is 12.3. The average Bonchev–Trinajstić information content (AvgIpc) is 2.63. The van der Waals surface area contributed by atoms with Crippen LogP contribution in [0.4, 0.5) is 16.4 Å². The molecular formula is C18H18N6O2. The van der Waals surface area contributed by atoms with Crippen molar-refractivity contribution in [3.8, 4) is 17.3 Å². The summed E-state index contributed by atoms with van der Waals surface area (Å²) in [7, 11) is 1.59. The molecule has 2 heterocycles. The van der Waals surface area contributed by atoms with Crippen LogP contribution < -0.4 is 15.4 Å². The Bertz CT molecular complexity index is 930. The molecule has 2 N–H and O–H groups in total. The number of anilines is 2. The van der Waals surface area contributed by atoms with Crippen molar-refractivity contribution in [2.24, 2.45) is 0 Å². The molecule has 0 unspecified atom stereocenters. The van der Waals surface area contributed by atoms with Crippen LogP contribution in [0.1, 0.15) is 11.4 Å². The van der Waals surface area contributed by atoms with Crippen molar-refractivity contribution in [1.82, 2.24) is 19.9 Å². The maximum absolute atomic E-state index is 12.3. The number of ether oxygens (including phenoxy) is 1. The second-order valence-electron chi connectivity index (χ2n) is 5.50. The standard InChI is InChI=1S/C18H18N6O2/c1-11-10-13(26-3)7-8-14(11)22-18(25)24-17-21-12(2)20-16(23-17)15-6-4-5-9-19-15/h4-10H,1-3H3,(H2,20,21,22,23,24,25). The van der Waals surface area contributed by atoms with E-state index in [1.165, 1.54) is 0 Å². The first-order valence-electron chi connectivity index (χ1n) is 7.92. The smallest absolute Gasteiger partial charge is 0.326 e. The van der Waals surface area contributed by atoms with E-state index in [1.54, 1.807) is 44.5 Å². The normalized spacial score (nSPS) is 10.3. The van der Waals surface area contributed by atoms with Crippen molar-refractivity contribution in [3.63, 3.8) is 0 Å². The predicted molar refractivity (Wildman–Crippen MR) is 98.2 cm³/mol. The summed E-state index contributed by atoms with van der Waals surface area (Å²) in [6, 6.07) is 10.4. The first-order chi connectivity index (χ1) is 12.5. The molecular weight excluding hydrogens is 332 g/mol. The second-order valence-corrected chi connectivity index (χ2v) is 5.50. The minimum atomic E-state index is -0.448. The molecule has 0 saturated heterocycles. The van der Waals surface area contributed by atoms with Crippen molar-refractivity contribution < 1.29 is 9.53 Å². The molecule has 0 aliphatic carbocycles. The van der Waals surface area contributed by atoms with Gasteiger partial charge in [-0.3, -0.25) is 10.3 Å². The van der Waals surface area contributed by atoms with Gasteiger partial charge in [0, 0.05) is 11.9 Å². The molecule has 8 heteroatoms. The predicted octanol–water partition coefficient (Wildman–Crippen LogP) is 3.20. The summed E-state index contributed by atoms with van der Waals surface area (Å²) in [5.41, 5.74) is 2.15. The summed E-state index contributed by atoms with van der Waals surface area (Å²) < 4.78 is 5.16. The number of aromatic nitrogens is 4. The molecule has 2 aromatic heterocycles. The van der Waals surface area contributed by atoms with Crippen LogP contribution in [0, 0.1) is 13.8 Å². The van der Waals surface area contributed by atoms with Gasteiger partial charge in [-0.25, -0.2) is 9.78 Å². The van der Waals surface area contributed by atoms with E-state index in [4.69, 9.17) is 4.74 Å². The summed E-state index contributed by atoms with van der Waals surface area (Å²) in [6.07, 6.45) is 1.65. The Hall–Kier alpha value is -3.55. The van der Waals surface area contributed by atoms with Gasteiger partial charge in [0.05, 0.1) is 7.11 Å². The van der Waals surface area contributed by atoms with Gasteiger partial charge < -0.3 is 10.1 Å². The lowest BCUT2D eigenvalue weighted by molar-refractivity contribution is 0.262. The van der Waals surface area contributed by atoms with Gasteiger partial charge in [-0.2, -0.15) is 9.97 Å². The van der Waals surface area contributed by atoms with Gasteiger partial charge in [-0.05, 0) is 49.7 Å². The number of carbonyl (C=O) groups is 1. The van der Waals surface area contributed by atoms with Crippen LogP contribution in [0.2, 0.25) is 0 Å². The van der Waals surface area contributed by atoms with Gasteiger partial charge in [0.25, 0.3) is 0 Å². The Kier molecular flexibility index (Phi) is 5.02. The van der Waals surface area contributed by atoms with Crippen molar-refractivity contribution in [2.75, 3.05) is 17.7 Å². The Labute approximate surface area is 150 Å². The van der Waals surface area contributed by atoms with Gasteiger partial charge in [0.15, 0.2) is 5.82 Å². The zero-order valence-electron chi connectivity index (χ0n) is 14.6. The summed E-state index contributed by atoms with van der Waals surface area (Å²) in [5.74, 6) is 1.76. The molecule has 0 spiro atoms. The lowest BCUT2D eigenvalue weighted by atomic mass is 10.2. The molecule has 0 atom stereocenters. The van der Waals surface area contributed by atoms with Gasteiger partial charge >= 0.3 is 6.03 Å². The van der Waals surface area contributed by atoms with Crippen LogP contribution >= 0.6 is 0 Å². The van der Waals surface area contributed by atoms with E-state index >= 15 is 0 Å². The van der Waals surface area contributed by atoms with Crippen molar-refractivity contribution in [3.05, 3.63) is 54.0 Å². The third-order valence-electron chi connectivity index (χ3n) is 3.55. The van der Waals surface area contributed by atoms with E-state index < -0.39 is 6.03 Å². The molecule has 1 aromatic carbocycles. The molecule has 0 aliphatic rings. The molecule has 8 nitrogen and oxygen atoms in total. The number of carbonyl (C=O) groups excluding carboxylic acids is 1. The number of rotatable bonds is 4. The van der Waals surface area contributed by atoms with Crippen LogP contribution in [-0.2, 0) is 0 Å². The zero-order chi connectivity index (χ0) is 18.5. The fraction of sp³-hybridized carbons (Fsp3) is 0.167. The molecule has 2 amide bonds. The minimum absolute atomic E-state index is 0.154. The Morgan fingerprint density at radius 3 is 2.58 bits per heavy atom. The van der Waals surface area contributed by atoms with E-state index in [0.717, 1.165) is 11.3 Å². The van der Waals surface area contributed by atoms with Gasteiger partial charge in [0.1, 0.15) is 17.3 Å². The number of pyridine rings is 1. The Balaban J connectivity index is 1.76. The summed E-state index contributed by atoms with van der Waals surface area (Å²) in [4.78, 5) is 29.2. The number of urea groups is 1. The summed E-state index contributed by atoms with van der Waals surface area (Å²) in [5, 5.41) is 5.39. The molecule has 26 heavy (non-hydrogen) atoms. The van der Waals surface area contributed by atoms with E-state index in [9.17, 15) is 4.79 Å². The van der Waals surface area contributed by atoms with E-state index in [-0.39, 0.29) is 5.95 Å². The van der Waals surface area contributed by atoms with E-state index in [0.29, 0.717) is 23.0 Å². The van der Waals surface area contributed by atoms with Gasteiger partial charge in [-0.15, -0.1) is 0 Å². The second kappa shape index (κ2) is 7.56. The third kappa shape index (κ3) is 4.10. The third-order valence-corrected chi connectivity index (χ3v) is 3.55. The van der Waals surface area contributed by atoms with Crippen molar-refractivity contribution in [2.45, 2.75) is 13.8 Å². The first-order valence-corrected chi connectivity index (χ1v) is 7.92. The van der Waals surface area contributed by atoms with Crippen LogP contribution in [0.3, 0.4) is 0 Å². The highest BCUT2D eigenvalue weighted by molar-refractivity contribution is 5.99. The topological polar surface area (TPSA) is 102 Å². The van der Waals surface area contributed by atoms with E-state index in [2.05, 4.69) is 30.6 Å². The fourth-order valence-corrected chi connectivity index (χ4v) is 2.31. The highest BCUT2D eigenvalue weighted by atomic mass is 16.5. The molecule has 0 radical (unpaired) electrons. The SMILES string of the molecule is COc1ccc(NC(=O)Nc2nc(C)nc(-c3ccccn3)n2)c(C)c1. The molecule has 132 valence electrons. The summed E-state index contributed by atoms with van der Waals surface area (Å²) in [6.45, 7) is 3.61. The number of aryl methyl sites for hydroxylation is 2. The molecule has 3 aromatic rings. The molecule has 0 bridgehead atoms.